The predicted molar refractivity (Wildman–Crippen MR) is 59.9 cm³/mol. The molecule has 0 aliphatic heterocycles. The molecule has 0 atom stereocenters. The fraction of sp³-hybridized carbons (Fsp3) is 0. The highest BCUT2D eigenvalue weighted by molar-refractivity contribution is 7.73. The zero-order valence-corrected chi connectivity index (χ0v) is 8.97. The van der Waals surface area contributed by atoms with Gasteiger partial charge in [0.1, 0.15) is 4.34 Å². The standard InChI is InChI=1S/C9H6ClNS2/c10-8-7(11-9(12)13-8)6-4-2-1-3-5-6/h1-5H,(H,11,12). The molecule has 0 bridgehead atoms. The Hall–Kier alpha value is -0.640. The van der Waals surface area contributed by atoms with Gasteiger partial charge < -0.3 is 4.98 Å². The lowest BCUT2D eigenvalue weighted by Gasteiger charge is -1.96. The average molecular weight is 228 g/mol. The summed E-state index contributed by atoms with van der Waals surface area (Å²) in [7, 11) is 0. The van der Waals surface area contributed by atoms with Crippen LogP contribution in [0.5, 0.6) is 0 Å². The van der Waals surface area contributed by atoms with E-state index in [4.69, 9.17) is 23.8 Å². The molecule has 1 heterocycles. The zero-order valence-electron chi connectivity index (χ0n) is 6.58. The van der Waals surface area contributed by atoms with E-state index in [1.807, 2.05) is 30.3 Å². The summed E-state index contributed by atoms with van der Waals surface area (Å²) in [5.74, 6) is 0. The molecule has 1 aromatic carbocycles. The van der Waals surface area contributed by atoms with Gasteiger partial charge in [-0.15, -0.1) is 0 Å². The largest absolute Gasteiger partial charge is 0.336 e. The van der Waals surface area contributed by atoms with Crippen LogP contribution in [0, 0.1) is 3.95 Å². The van der Waals surface area contributed by atoms with Gasteiger partial charge in [0.25, 0.3) is 0 Å². The molecular formula is C9H6ClNS2. The second-order valence-corrected chi connectivity index (χ2v) is 4.82. The van der Waals surface area contributed by atoms with Gasteiger partial charge >= 0.3 is 0 Å². The van der Waals surface area contributed by atoms with Crippen molar-refractivity contribution >= 4 is 35.2 Å². The van der Waals surface area contributed by atoms with Gasteiger partial charge in [-0.3, -0.25) is 0 Å². The molecule has 1 nitrogen and oxygen atoms in total. The molecule has 0 radical (unpaired) electrons. The van der Waals surface area contributed by atoms with Crippen molar-refractivity contribution in [2.45, 2.75) is 0 Å². The monoisotopic (exact) mass is 227 g/mol. The molecule has 0 saturated carbocycles. The quantitative estimate of drug-likeness (QED) is 0.725. The third-order valence-corrected chi connectivity index (χ3v) is 3.11. The van der Waals surface area contributed by atoms with Crippen LogP contribution in [0.4, 0.5) is 0 Å². The van der Waals surface area contributed by atoms with Crippen molar-refractivity contribution in [2.24, 2.45) is 0 Å². The zero-order chi connectivity index (χ0) is 9.26. The van der Waals surface area contributed by atoms with Crippen LogP contribution in [0.1, 0.15) is 0 Å². The second-order valence-electron chi connectivity index (χ2n) is 2.53. The van der Waals surface area contributed by atoms with Crippen molar-refractivity contribution in [2.75, 3.05) is 0 Å². The summed E-state index contributed by atoms with van der Waals surface area (Å²) >= 11 is 12.4. The van der Waals surface area contributed by atoms with Gasteiger partial charge in [-0.05, 0) is 12.2 Å². The fourth-order valence-corrected chi connectivity index (χ4v) is 2.56. The molecular weight excluding hydrogens is 222 g/mol. The lowest BCUT2D eigenvalue weighted by atomic mass is 10.2. The number of hydrogen-bond donors (Lipinski definition) is 1. The molecule has 13 heavy (non-hydrogen) atoms. The Kier molecular flexibility index (Phi) is 2.49. The van der Waals surface area contributed by atoms with Crippen molar-refractivity contribution < 1.29 is 0 Å². The number of H-pyrrole nitrogens is 1. The molecule has 0 spiro atoms. The molecule has 2 aromatic rings. The van der Waals surface area contributed by atoms with Crippen LogP contribution in [0.15, 0.2) is 30.3 Å². The summed E-state index contributed by atoms with van der Waals surface area (Å²) in [6.45, 7) is 0. The van der Waals surface area contributed by atoms with Crippen molar-refractivity contribution in [1.29, 1.82) is 0 Å². The van der Waals surface area contributed by atoms with E-state index in [0.29, 0.717) is 3.95 Å². The first-order valence-corrected chi connectivity index (χ1v) is 5.31. The van der Waals surface area contributed by atoms with E-state index in [-0.39, 0.29) is 0 Å². The van der Waals surface area contributed by atoms with Crippen molar-refractivity contribution in [1.82, 2.24) is 4.98 Å². The summed E-state index contributed by atoms with van der Waals surface area (Å²) in [5, 5.41) is 0. The second kappa shape index (κ2) is 3.62. The van der Waals surface area contributed by atoms with Gasteiger partial charge in [0.15, 0.2) is 3.95 Å². The Bertz CT molecular complexity index is 458. The van der Waals surface area contributed by atoms with Crippen molar-refractivity contribution in [3.05, 3.63) is 38.6 Å². The Labute approximate surface area is 90.0 Å². The van der Waals surface area contributed by atoms with Gasteiger partial charge in [-0.1, -0.05) is 53.3 Å². The van der Waals surface area contributed by atoms with Gasteiger partial charge in [0.2, 0.25) is 0 Å². The Balaban J connectivity index is 2.59. The van der Waals surface area contributed by atoms with Crippen LogP contribution in [0.2, 0.25) is 4.34 Å². The van der Waals surface area contributed by atoms with E-state index in [0.717, 1.165) is 15.6 Å². The van der Waals surface area contributed by atoms with Gasteiger partial charge in [-0.25, -0.2) is 0 Å². The number of halogens is 1. The normalized spacial score (nSPS) is 10.2. The van der Waals surface area contributed by atoms with E-state index in [2.05, 4.69) is 4.98 Å². The molecule has 2 rings (SSSR count). The molecule has 0 aliphatic carbocycles. The third-order valence-electron chi connectivity index (χ3n) is 1.67. The number of rotatable bonds is 1. The smallest absolute Gasteiger partial charge is 0.160 e. The van der Waals surface area contributed by atoms with Crippen LogP contribution in [-0.2, 0) is 0 Å². The number of nitrogens with one attached hydrogen (secondary N) is 1. The first-order valence-electron chi connectivity index (χ1n) is 3.71. The maximum absolute atomic E-state index is 6.00. The van der Waals surface area contributed by atoms with Crippen molar-refractivity contribution in [3.8, 4) is 11.3 Å². The number of benzene rings is 1. The Morgan fingerprint density at radius 1 is 1.23 bits per heavy atom. The maximum Gasteiger partial charge on any atom is 0.160 e. The van der Waals surface area contributed by atoms with Crippen LogP contribution < -0.4 is 0 Å². The highest BCUT2D eigenvalue weighted by Gasteiger charge is 2.04. The molecule has 1 N–H and O–H groups in total. The molecule has 0 unspecified atom stereocenters. The summed E-state index contributed by atoms with van der Waals surface area (Å²) in [6, 6.07) is 9.91. The van der Waals surface area contributed by atoms with E-state index >= 15 is 0 Å². The number of aromatic nitrogens is 1. The van der Waals surface area contributed by atoms with Crippen LogP contribution in [0.25, 0.3) is 11.3 Å². The van der Waals surface area contributed by atoms with Crippen LogP contribution in [0.3, 0.4) is 0 Å². The molecule has 4 heteroatoms. The van der Waals surface area contributed by atoms with E-state index in [9.17, 15) is 0 Å². The minimum atomic E-state index is 0.712. The molecule has 66 valence electrons. The molecule has 0 aliphatic rings. The Morgan fingerprint density at radius 2 is 1.92 bits per heavy atom. The lowest BCUT2D eigenvalue weighted by Crippen LogP contribution is -1.75. The first kappa shape index (κ1) is 8.94. The summed E-state index contributed by atoms with van der Waals surface area (Å²) in [4.78, 5) is 3.06. The third kappa shape index (κ3) is 1.82. The van der Waals surface area contributed by atoms with Crippen LogP contribution >= 0.6 is 35.2 Å². The van der Waals surface area contributed by atoms with Gasteiger partial charge in [0.05, 0.1) is 5.69 Å². The highest BCUT2D eigenvalue weighted by atomic mass is 35.5. The Morgan fingerprint density at radius 3 is 2.46 bits per heavy atom. The fourth-order valence-electron chi connectivity index (χ4n) is 1.10. The molecule has 0 fully saturated rings. The minimum Gasteiger partial charge on any atom is -0.336 e. The maximum atomic E-state index is 6.00. The SMILES string of the molecule is S=c1[nH]c(-c2ccccc2)c(Cl)s1. The minimum absolute atomic E-state index is 0.712. The number of thiazole rings is 1. The van der Waals surface area contributed by atoms with E-state index in [1.165, 1.54) is 11.3 Å². The summed E-state index contributed by atoms with van der Waals surface area (Å²) in [5.41, 5.74) is 1.98. The van der Waals surface area contributed by atoms with Crippen LogP contribution in [-0.4, -0.2) is 4.98 Å². The number of aromatic amines is 1. The summed E-state index contributed by atoms with van der Waals surface area (Å²) < 4.78 is 1.43. The average Bonchev–Trinajstić information content (AvgIpc) is 2.47. The molecule has 0 saturated heterocycles. The summed E-state index contributed by atoms with van der Waals surface area (Å²) in [6.07, 6.45) is 0. The first-order chi connectivity index (χ1) is 6.27. The van der Waals surface area contributed by atoms with Crippen molar-refractivity contribution in [3.63, 3.8) is 0 Å². The van der Waals surface area contributed by atoms with E-state index < -0.39 is 0 Å². The topological polar surface area (TPSA) is 15.8 Å². The number of hydrogen-bond acceptors (Lipinski definition) is 2. The molecule has 0 amide bonds. The molecule has 1 aromatic heterocycles. The lowest BCUT2D eigenvalue weighted by molar-refractivity contribution is 1.39. The van der Waals surface area contributed by atoms with Gasteiger partial charge in [0, 0.05) is 5.56 Å². The highest BCUT2D eigenvalue weighted by Crippen LogP contribution is 2.30. The van der Waals surface area contributed by atoms with Gasteiger partial charge in [-0.2, -0.15) is 0 Å². The predicted octanol–water partition coefficient (Wildman–Crippen LogP) is 4.13. The van der Waals surface area contributed by atoms with E-state index in [1.54, 1.807) is 0 Å².